The van der Waals surface area contributed by atoms with Crippen LogP contribution >= 0.6 is 0 Å². The van der Waals surface area contributed by atoms with Crippen molar-refractivity contribution < 1.29 is 2.85 Å². The van der Waals surface area contributed by atoms with Crippen LogP contribution in [0.2, 0.25) is 0 Å². The Morgan fingerprint density at radius 3 is 2.10 bits per heavy atom. The molecule has 2 aromatic rings. The first-order chi connectivity index (χ1) is 4.47. The first-order valence-corrected chi connectivity index (χ1v) is 2.72. The van der Waals surface area contributed by atoms with Crippen LogP contribution < -0.4 is 0 Å². The molecule has 1 heterocycles. The van der Waals surface area contributed by atoms with E-state index in [1.807, 2.05) is 24.3 Å². The Labute approximate surface area is 64.6 Å². The number of H-pyrrole nitrogens is 1. The molecule has 0 unspecified atom stereocenters. The fourth-order valence-corrected chi connectivity index (χ4v) is 0.786. The molecular weight excluding hydrogens is 123 g/mol. The van der Waals surface area contributed by atoms with Gasteiger partial charge in [0.25, 0.3) is 0 Å². The summed E-state index contributed by atoms with van der Waals surface area (Å²) in [6.07, 6.45) is 0. The van der Waals surface area contributed by atoms with E-state index in [1.165, 1.54) is 0 Å². The fourth-order valence-electron chi connectivity index (χ4n) is 0.786. The van der Waals surface area contributed by atoms with Gasteiger partial charge in [0.15, 0.2) is 0 Å². The van der Waals surface area contributed by atoms with Crippen LogP contribution in [0.15, 0.2) is 24.3 Å². The molecule has 1 aromatic carbocycles. The van der Waals surface area contributed by atoms with Gasteiger partial charge in [-0.3, -0.25) is 0 Å². The monoisotopic (exact) mass is 130 g/mol. The Kier molecular flexibility index (Phi) is 1.78. The molecule has 48 valence electrons. The minimum atomic E-state index is 0. The van der Waals surface area contributed by atoms with Gasteiger partial charge in [0, 0.05) is 0 Å². The zero-order valence-electron chi connectivity index (χ0n) is 7.41. The summed E-state index contributed by atoms with van der Waals surface area (Å²) >= 11 is 0. The van der Waals surface area contributed by atoms with E-state index < -0.39 is 0 Å². The number of fused-ring (bicyclic) bond motifs is 1. The van der Waals surface area contributed by atoms with Crippen molar-refractivity contribution in [3.05, 3.63) is 24.3 Å². The van der Waals surface area contributed by atoms with Gasteiger partial charge in [0.05, 0.1) is 0 Å². The quantitative estimate of drug-likeness (QED) is 0.536. The molecule has 0 radical (unpaired) electrons. The summed E-state index contributed by atoms with van der Waals surface area (Å²) in [4.78, 5) is 0. The van der Waals surface area contributed by atoms with E-state index >= 15 is 0 Å². The fraction of sp³-hybridized carbons (Fsp3) is 0. The van der Waals surface area contributed by atoms with Gasteiger partial charge in [-0.2, -0.15) is 15.4 Å². The molecule has 3 nitrogen and oxygen atoms in total. The van der Waals surface area contributed by atoms with E-state index in [4.69, 9.17) is 0 Å². The van der Waals surface area contributed by atoms with Gasteiger partial charge < -0.3 is 2.85 Å². The van der Waals surface area contributed by atoms with E-state index in [0.29, 0.717) is 0 Å². The molecule has 0 atom stereocenters. The zero-order valence-corrected chi connectivity index (χ0v) is 5.41. The predicted molar refractivity (Wildman–Crippen MR) is 41.9 cm³/mol. The third-order valence-electron chi connectivity index (χ3n) is 1.22. The number of nitrogens with zero attached hydrogens (tertiary/aromatic N) is 2. The number of para-hydroxylation sites is 2. The molecule has 0 aliphatic rings. The number of aromatic nitrogens is 3. The van der Waals surface area contributed by atoms with Crippen molar-refractivity contribution >= 4 is 21.2 Å². The van der Waals surface area contributed by atoms with Crippen LogP contribution in [-0.4, -0.2) is 25.5 Å². The summed E-state index contributed by atoms with van der Waals surface area (Å²) in [6, 6.07) is 7.70. The summed E-state index contributed by atoms with van der Waals surface area (Å²) in [7, 11) is 0. The maximum absolute atomic E-state index is 3.88. The summed E-state index contributed by atoms with van der Waals surface area (Å²) in [5, 5.41) is 10.3. The molecule has 1 N–H and O–H groups in total. The van der Waals surface area contributed by atoms with Crippen molar-refractivity contribution in [1.82, 2.24) is 15.4 Å². The molecule has 0 amide bonds. The Morgan fingerprint density at radius 1 is 1.10 bits per heavy atom. The normalized spacial score (nSPS) is 9.20. The van der Waals surface area contributed by atoms with Gasteiger partial charge in [0.2, 0.25) is 0 Å². The third kappa shape index (κ3) is 0.913. The molecule has 0 saturated heterocycles. The van der Waals surface area contributed by atoms with Crippen LogP contribution in [0.4, 0.5) is 0 Å². The number of hydrogen-bond acceptors (Lipinski definition) is 2. The molecule has 0 fully saturated rings. The minimum absolute atomic E-state index is 0. The van der Waals surface area contributed by atoms with Gasteiger partial charge in [-0.05, 0) is 12.1 Å². The Morgan fingerprint density at radius 2 is 1.60 bits per heavy atom. The van der Waals surface area contributed by atoms with Crippen LogP contribution in [0.5, 0.6) is 0 Å². The minimum Gasteiger partial charge on any atom is -1.00 e. The third-order valence-corrected chi connectivity index (χ3v) is 1.22. The Bertz CT molecular complexity index is 295. The number of aromatic amines is 1. The number of rotatable bonds is 0. The molecule has 10 heavy (non-hydrogen) atoms. The second-order valence-electron chi connectivity index (χ2n) is 1.81. The average Bonchev–Trinajstić information content (AvgIpc) is 2.33. The smallest absolute Gasteiger partial charge is 1.00 e. The van der Waals surface area contributed by atoms with Crippen molar-refractivity contribution in [3.63, 3.8) is 0 Å². The number of hydrogen-bond donors (Lipinski definition) is 1. The second-order valence-corrected chi connectivity index (χ2v) is 1.81. The molecular formula is C6H7BeN3. The van der Waals surface area contributed by atoms with Gasteiger partial charge in [-0.25, -0.2) is 0 Å². The zero-order chi connectivity index (χ0) is 6.10. The maximum atomic E-state index is 3.88. The number of nitrogens with one attached hydrogen (secondary N) is 1. The van der Waals surface area contributed by atoms with Crippen molar-refractivity contribution in [3.8, 4) is 0 Å². The van der Waals surface area contributed by atoms with Gasteiger partial charge in [0.1, 0.15) is 11.0 Å². The molecule has 0 spiro atoms. The van der Waals surface area contributed by atoms with Crippen molar-refractivity contribution in [2.24, 2.45) is 0 Å². The average molecular weight is 130 g/mol. The van der Waals surface area contributed by atoms with Crippen molar-refractivity contribution in [2.75, 3.05) is 0 Å². The summed E-state index contributed by atoms with van der Waals surface area (Å²) in [5.74, 6) is 0. The molecule has 0 aliphatic heterocycles. The molecule has 0 bridgehead atoms. The topological polar surface area (TPSA) is 41.6 Å². The van der Waals surface area contributed by atoms with E-state index in [-0.39, 0.29) is 13.0 Å². The summed E-state index contributed by atoms with van der Waals surface area (Å²) in [6.45, 7) is 0. The van der Waals surface area contributed by atoms with Crippen molar-refractivity contribution in [1.29, 1.82) is 0 Å². The second kappa shape index (κ2) is 2.58. The van der Waals surface area contributed by atoms with Crippen LogP contribution in [0.3, 0.4) is 0 Å². The van der Waals surface area contributed by atoms with Crippen molar-refractivity contribution in [2.45, 2.75) is 0 Å². The van der Waals surface area contributed by atoms with E-state index in [9.17, 15) is 0 Å². The summed E-state index contributed by atoms with van der Waals surface area (Å²) < 4.78 is 0. The van der Waals surface area contributed by atoms with Crippen LogP contribution in [-0.2, 0) is 0 Å². The largest absolute Gasteiger partial charge is 2.00 e. The molecule has 1 aromatic heterocycles. The standard InChI is InChI=1S/C6H5N3.Be.2H/c1-2-4-6-5(3-1)7-9-8-6;;;/h1-4H,(H,7,8,9);;;/q;+2;2*-1. The molecule has 0 aliphatic carbocycles. The Hall–Kier alpha value is -1.21. The predicted octanol–water partition coefficient (Wildman–Crippen LogP) is 0.802. The number of benzene rings is 1. The van der Waals surface area contributed by atoms with Crippen LogP contribution in [0.1, 0.15) is 2.85 Å². The SMILES string of the molecule is [Be+2].[H-].[H-].c1ccc2n[nH]nc2c1. The summed E-state index contributed by atoms with van der Waals surface area (Å²) in [5.41, 5.74) is 1.83. The van der Waals surface area contributed by atoms with Crippen LogP contribution in [0.25, 0.3) is 11.0 Å². The molecule has 4 heteroatoms. The van der Waals surface area contributed by atoms with E-state index in [2.05, 4.69) is 15.4 Å². The maximum Gasteiger partial charge on any atom is 2.00 e. The van der Waals surface area contributed by atoms with Crippen LogP contribution in [0, 0.1) is 0 Å². The van der Waals surface area contributed by atoms with Gasteiger partial charge >= 0.3 is 10.1 Å². The van der Waals surface area contributed by atoms with E-state index in [1.54, 1.807) is 0 Å². The molecule has 2 rings (SSSR count). The molecule has 0 saturated carbocycles. The van der Waals surface area contributed by atoms with E-state index in [0.717, 1.165) is 11.0 Å². The Balaban J connectivity index is 0. The first kappa shape index (κ1) is 6.90. The first-order valence-electron chi connectivity index (χ1n) is 2.72. The van der Waals surface area contributed by atoms with Gasteiger partial charge in [-0.1, -0.05) is 12.1 Å². The van der Waals surface area contributed by atoms with Gasteiger partial charge in [-0.15, -0.1) is 0 Å².